The number of nitrogens with one attached hydrogen (secondary N) is 2. The maximum absolute atomic E-state index is 12.2. The Morgan fingerprint density at radius 3 is 2.95 bits per heavy atom. The van der Waals surface area contributed by atoms with Gasteiger partial charge in [-0.25, -0.2) is 24.7 Å². The Morgan fingerprint density at radius 1 is 1.17 bits per heavy atom. The Balaban J connectivity index is 1.17. The highest BCUT2D eigenvalue weighted by atomic mass is 16.5. The molecule has 5 heterocycles. The van der Waals surface area contributed by atoms with Crippen LogP contribution >= 0.6 is 0 Å². The molecular formula is C29H37N9O3. The molecule has 0 saturated carbocycles. The molecule has 0 spiro atoms. The van der Waals surface area contributed by atoms with Gasteiger partial charge in [-0.3, -0.25) is 9.58 Å². The maximum Gasteiger partial charge on any atom is 0.326 e. The van der Waals surface area contributed by atoms with Gasteiger partial charge in [-0.1, -0.05) is 12.1 Å². The van der Waals surface area contributed by atoms with Gasteiger partial charge in [0, 0.05) is 44.6 Å². The number of carboxylic acids is 1. The zero-order chi connectivity index (χ0) is 28.4. The number of pyridine rings is 2. The molecule has 0 unspecified atom stereocenters. The fourth-order valence-electron chi connectivity index (χ4n) is 5.01. The van der Waals surface area contributed by atoms with Gasteiger partial charge in [0.2, 0.25) is 5.88 Å². The van der Waals surface area contributed by atoms with Crippen LogP contribution in [0.1, 0.15) is 36.9 Å². The van der Waals surface area contributed by atoms with Crippen molar-refractivity contribution in [3.05, 3.63) is 60.3 Å². The number of aromatic nitrogens is 6. The van der Waals surface area contributed by atoms with Crippen molar-refractivity contribution in [3.63, 3.8) is 0 Å². The zero-order valence-corrected chi connectivity index (χ0v) is 23.4. The molecule has 12 nitrogen and oxygen atoms in total. The van der Waals surface area contributed by atoms with Crippen molar-refractivity contribution in [1.82, 2.24) is 34.6 Å². The third kappa shape index (κ3) is 7.66. The predicted octanol–water partition coefficient (Wildman–Crippen LogP) is 3.17. The zero-order valence-electron chi connectivity index (χ0n) is 23.4. The molecule has 0 bridgehead atoms. The molecule has 0 aromatic carbocycles. The fraction of sp³-hybridized carbons (Fsp3) is 0.448. The molecule has 0 fully saturated rings. The van der Waals surface area contributed by atoms with Crippen molar-refractivity contribution in [2.45, 2.75) is 44.6 Å². The molecule has 41 heavy (non-hydrogen) atoms. The van der Waals surface area contributed by atoms with Crippen molar-refractivity contribution < 1.29 is 14.6 Å². The summed E-state index contributed by atoms with van der Waals surface area (Å²) in [6, 6.07) is 9.08. The van der Waals surface area contributed by atoms with Crippen molar-refractivity contribution >= 4 is 28.6 Å². The lowest BCUT2D eigenvalue weighted by atomic mass is 10.1. The van der Waals surface area contributed by atoms with Crippen LogP contribution in [-0.2, 0) is 24.7 Å². The molecular weight excluding hydrogens is 522 g/mol. The van der Waals surface area contributed by atoms with Crippen LogP contribution < -0.4 is 15.4 Å². The van der Waals surface area contributed by atoms with E-state index in [0.717, 1.165) is 56.7 Å². The Bertz CT molecular complexity index is 1430. The second-order valence-corrected chi connectivity index (χ2v) is 10.2. The second kappa shape index (κ2) is 13.8. The van der Waals surface area contributed by atoms with E-state index in [1.807, 2.05) is 18.2 Å². The number of carbonyl (C=O) groups is 1. The lowest BCUT2D eigenvalue weighted by Gasteiger charge is -2.24. The smallest absolute Gasteiger partial charge is 0.326 e. The molecule has 1 aliphatic heterocycles. The van der Waals surface area contributed by atoms with E-state index in [9.17, 15) is 9.90 Å². The Morgan fingerprint density at radius 2 is 2.10 bits per heavy atom. The van der Waals surface area contributed by atoms with E-state index in [2.05, 4.69) is 47.7 Å². The summed E-state index contributed by atoms with van der Waals surface area (Å²) in [6.07, 6.45) is 10.2. The molecule has 1 aliphatic rings. The molecule has 0 radical (unpaired) electrons. The number of carboxylic acid groups (broad SMARTS) is 1. The van der Waals surface area contributed by atoms with Gasteiger partial charge in [-0.05, 0) is 62.8 Å². The molecule has 216 valence electrons. The van der Waals surface area contributed by atoms with E-state index in [1.54, 1.807) is 24.1 Å². The van der Waals surface area contributed by atoms with Gasteiger partial charge >= 0.3 is 5.97 Å². The summed E-state index contributed by atoms with van der Waals surface area (Å²) in [6.45, 7) is 3.50. The number of hydrogen-bond acceptors (Lipinski definition) is 10. The molecule has 4 aromatic rings. The number of unbranched alkanes of at least 4 members (excludes halogenated alkanes) is 1. The second-order valence-electron chi connectivity index (χ2n) is 10.2. The van der Waals surface area contributed by atoms with Gasteiger partial charge in [0.25, 0.3) is 0 Å². The van der Waals surface area contributed by atoms with Crippen molar-refractivity contribution in [2.24, 2.45) is 7.05 Å². The van der Waals surface area contributed by atoms with E-state index >= 15 is 0 Å². The first kappa shape index (κ1) is 28.2. The summed E-state index contributed by atoms with van der Waals surface area (Å²) in [7, 11) is 1.79. The molecule has 1 atom stereocenters. The van der Waals surface area contributed by atoms with Crippen molar-refractivity contribution in [1.29, 1.82) is 0 Å². The van der Waals surface area contributed by atoms with E-state index in [1.165, 1.54) is 11.9 Å². The molecule has 0 aliphatic carbocycles. The molecule has 0 amide bonds. The fourth-order valence-corrected chi connectivity index (χ4v) is 5.01. The van der Waals surface area contributed by atoms with E-state index < -0.39 is 12.0 Å². The number of hydrogen-bond donors (Lipinski definition) is 3. The highest BCUT2D eigenvalue weighted by Crippen LogP contribution is 2.21. The molecule has 4 aromatic heterocycles. The van der Waals surface area contributed by atoms with Gasteiger partial charge in [-0.2, -0.15) is 5.10 Å². The first-order chi connectivity index (χ1) is 20.1. The minimum atomic E-state index is -0.933. The summed E-state index contributed by atoms with van der Waals surface area (Å²) in [5.74, 6) is 1.14. The molecule has 5 rings (SSSR count). The van der Waals surface area contributed by atoms with E-state index in [4.69, 9.17) is 9.72 Å². The third-order valence-electron chi connectivity index (χ3n) is 7.28. The molecule has 0 saturated heterocycles. The van der Waals surface area contributed by atoms with Gasteiger partial charge in [0.05, 0.1) is 11.6 Å². The van der Waals surface area contributed by atoms with Crippen molar-refractivity contribution in [2.75, 3.05) is 43.4 Å². The summed E-state index contributed by atoms with van der Waals surface area (Å²) in [4.78, 5) is 32.0. The summed E-state index contributed by atoms with van der Waals surface area (Å²) in [5, 5.41) is 21.4. The van der Waals surface area contributed by atoms with Crippen LogP contribution in [0.5, 0.6) is 5.88 Å². The highest BCUT2D eigenvalue weighted by Gasteiger charge is 2.21. The number of nitrogens with zero attached hydrogens (tertiary/aromatic N) is 7. The van der Waals surface area contributed by atoms with Crippen LogP contribution in [0.15, 0.2) is 49.1 Å². The van der Waals surface area contributed by atoms with Gasteiger partial charge in [0.15, 0.2) is 5.65 Å². The lowest BCUT2D eigenvalue weighted by Crippen LogP contribution is -2.37. The van der Waals surface area contributed by atoms with Crippen molar-refractivity contribution in [3.8, 4) is 5.88 Å². The van der Waals surface area contributed by atoms with Crippen LogP contribution in [0.4, 0.5) is 11.6 Å². The Hall–Kier alpha value is -4.32. The monoisotopic (exact) mass is 559 g/mol. The SMILES string of the molecule is Cn1ncc2c(N[C@@H](CCN(CCCCc3ccc4c(n3)NCCC4)CCOc3ccccn3)C(=O)O)ncnc21. The van der Waals surface area contributed by atoms with Gasteiger partial charge in [-0.15, -0.1) is 0 Å². The van der Waals surface area contributed by atoms with Crippen LogP contribution in [0.3, 0.4) is 0 Å². The standard InChI is InChI=1S/C29H37N9O3/c1-37-28-23(19-34-37)27(32-20-33-28)36-24(29(39)40)12-16-38(17-18-41-25-9-2-4-13-30-25)15-5-3-8-22-11-10-21-7-6-14-31-26(21)35-22/h2,4,9-11,13,19-20,24H,3,5-8,12,14-18H2,1H3,(H,31,35)(H,39,40)(H,32,33,36)/t24-/m0/s1. The molecule has 3 N–H and O–H groups in total. The van der Waals surface area contributed by atoms with Gasteiger partial charge < -0.3 is 20.5 Å². The highest BCUT2D eigenvalue weighted by molar-refractivity contribution is 5.88. The third-order valence-corrected chi connectivity index (χ3v) is 7.28. The van der Waals surface area contributed by atoms with Crippen LogP contribution in [0.2, 0.25) is 0 Å². The normalized spacial score (nSPS) is 13.5. The minimum Gasteiger partial charge on any atom is -0.480 e. The number of aryl methyl sites for hydroxylation is 3. The van der Waals surface area contributed by atoms with Crippen LogP contribution in [0.25, 0.3) is 11.0 Å². The quantitative estimate of drug-likeness (QED) is 0.185. The summed E-state index contributed by atoms with van der Waals surface area (Å²) in [5.41, 5.74) is 3.04. The van der Waals surface area contributed by atoms with E-state index in [0.29, 0.717) is 48.8 Å². The Kier molecular flexibility index (Phi) is 9.53. The lowest BCUT2D eigenvalue weighted by molar-refractivity contribution is -0.138. The minimum absolute atomic E-state index is 0.392. The first-order valence-electron chi connectivity index (χ1n) is 14.2. The average molecular weight is 560 g/mol. The van der Waals surface area contributed by atoms with Crippen LogP contribution in [-0.4, -0.2) is 84.5 Å². The van der Waals surface area contributed by atoms with Crippen LogP contribution in [0, 0.1) is 0 Å². The molecule has 12 heteroatoms. The summed E-state index contributed by atoms with van der Waals surface area (Å²) < 4.78 is 7.47. The maximum atomic E-state index is 12.2. The summed E-state index contributed by atoms with van der Waals surface area (Å²) >= 11 is 0. The Labute approximate surface area is 239 Å². The topological polar surface area (TPSA) is 143 Å². The number of fused-ring (bicyclic) bond motifs is 2. The largest absolute Gasteiger partial charge is 0.480 e. The average Bonchev–Trinajstić information content (AvgIpc) is 3.38. The number of ether oxygens (including phenoxy) is 1. The number of rotatable bonds is 15. The number of anilines is 2. The van der Waals surface area contributed by atoms with Gasteiger partial charge in [0.1, 0.15) is 30.6 Å². The number of aliphatic carboxylic acids is 1. The first-order valence-corrected chi connectivity index (χ1v) is 14.2. The predicted molar refractivity (Wildman–Crippen MR) is 156 cm³/mol. The van der Waals surface area contributed by atoms with E-state index in [-0.39, 0.29) is 0 Å².